The highest BCUT2D eigenvalue weighted by molar-refractivity contribution is 5.70. The van der Waals surface area contributed by atoms with E-state index < -0.39 is 6.10 Å². The molecule has 0 N–H and O–H groups in total. The Balaban J connectivity index is 4.25. The Morgan fingerprint density at radius 1 is 0.500 bits per heavy atom. The van der Waals surface area contributed by atoms with Crippen LogP contribution in [0.25, 0.3) is 0 Å². The van der Waals surface area contributed by atoms with Crippen molar-refractivity contribution in [3.05, 3.63) is 36.5 Å². The minimum atomic E-state index is -0.536. The Labute approximate surface area is 285 Å². The molecule has 0 bridgehead atoms. The van der Waals surface area contributed by atoms with Gasteiger partial charge in [-0.25, -0.2) is 0 Å². The van der Waals surface area contributed by atoms with Crippen molar-refractivity contribution >= 4 is 11.9 Å². The fourth-order valence-electron chi connectivity index (χ4n) is 5.29. The first kappa shape index (κ1) is 44.1. The number of esters is 2. The molecule has 1 atom stereocenters. The molecule has 0 spiro atoms. The van der Waals surface area contributed by atoms with Gasteiger partial charge in [0.2, 0.25) is 0 Å². The van der Waals surface area contributed by atoms with Gasteiger partial charge in [0, 0.05) is 19.4 Å². The van der Waals surface area contributed by atoms with Gasteiger partial charge in [-0.2, -0.15) is 0 Å². The molecule has 0 aliphatic heterocycles. The monoisotopic (exact) mass is 647 g/mol. The van der Waals surface area contributed by atoms with Gasteiger partial charge < -0.3 is 14.2 Å². The van der Waals surface area contributed by atoms with E-state index >= 15 is 0 Å². The zero-order chi connectivity index (χ0) is 33.6. The molecule has 0 saturated carbocycles. The van der Waals surface area contributed by atoms with E-state index in [0.29, 0.717) is 19.4 Å². The third-order valence-corrected chi connectivity index (χ3v) is 8.19. The van der Waals surface area contributed by atoms with Crippen molar-refractivity contribution in [3.8, 4) is 0 Å². The van der Waals surface area contributed by atoms with Crippen molar-refractivity contribution in [1.82, 2.24) is 0 Å². The van der Waals surface area contributed by atoms with E-state index in [2.05, 4.69) is 57.2 Å². The molecule has 5 nitrogen and oxygen atoms in total. The molecule has 46 heavy (non-hydrogen) atoms. The average Bonchev–Trinajstić information content (AvgIpc) is 3.05. The molecular weight excluding hydrogens is 572 g/mol. The van der Waals surface area contributed by atoms with Gasteiger partial charge in [-0.3, -0.25) is 9.59 Å². The van der Waals surface area contributed by atoms with Crippen molar-refractivity contribution in [1.29, 1.82) is 0 Å². The Morgan fingerprint density at radius 3 is 1.57 bits per heavy atom. The molecule has 0 saturated heterocycles. The number of rotatable bonds is 35. The minimum absolute atomic E-state index is 0.0737. The summed E-state index contributed by atoms with van der Waals surface area (Å²) in [5, 5.41) is 0. The maximum atomic E-state index is 12.6. The number of carbonyl (C=O) groups excluding carboxylic acids is 2. The number of carbonyl (C=O) groups is 2. The summed E-state index contributed by atoms with van der Waals surface area (Å²) in [6.07, 6.45) is 41.4. The van der Waals surface area contributed by atoms with Crippen LogP contribution in [0.1, 0.15) is 188 Å². The van der Waals surface area contributed by atoms with Crippen molar-refractivity contribution < 1.29 is 23.8 Å². The first-order chi connectivity index (χ1) is 22.6. The third kappa shape index (κ3) is 35.0. The van der Waals surface area contributed by atoms with Crippen molar-refractivity contribution in [2.75, 3.05) is 19.8 Å². The third-order valence-electron chi connectivity index (χ3n) is 8.19. The lowest BCUT2D eigenvalue weighted by Crippen LogP contribution is -2.30. The largest absolute Gasteiger partial charge is 0.462 e. The SMILES string of the molecule is CC/C=C\C/C=C\C/C=C\CCCCCC(=O)OCC(COCCCCCCCCCC)OC(=O)CCCCCCCCCCC. The van der Waals surface area contributed by atoms with Crippen LogP contribution in [0.2, 0.25) is 0 Å². The summed E-state index contributed by atoms with van der Waals surface area (Å²) in [5.41, 5.74) is 0. The molecule has 1 unspecified atom stereocenters. The predicted octanol–water partition coefficient (Wildman–Crippen LogP) is 12.3. The number of ether oxygens (including phenoxy) is 3. The van der Waals surface area contributed by atoms with Crippen molar-refractivity contribution in [2.45, 2.75) is 194 Å². The number of hydrogen-bond acceptors (Lipinski definition) is 5. The predicted molar refractivity (Wildman–Crippen MR) is 196 cm³/mol. The zero-order valence-corrected chi connectivity index (χ0v) is 30.6. The molecule has 0 amide bonds. The Morgan fingerprint density at radius 2 is 0.978 bits per heavy atom. The number of hydrogen-bond donors (Lipinski definition) is 0. The molecule has 0 aromatic heterocycles. The van der Waals surface area contributed by atoms with Crippen LogP contribution in [0.5, 0.6) is 0 Å². The highest BCUT2D eigenvalue weighted by Crippen LogP contribution is 2.13. The average molecular weight is 647 g/mol. The van der Waals surface area contributed by atoms with Crippen molar-refractivity contribution in [3.63, 3.8) is 0 Å². The van der Waals surface area contributed by atoms with Crippen molar-refractivity contribution in [2.24, 2.45) is 0 Å². The van der Waals surface area contributed by atoms with Crippen LogP contribution in [0.3, 0.4) is 0 Å². The molecule has 0 aliphatic carbocycles. The van der Waals surface area contributed by atoms with Gasteiger partial charge in [0.15, 0.2) is 6.10 Å². The molecule has 0 aromatic rings. The van der Waals surface area contributed by atoms with E-state index in [9.17, 15) is 9.59 Å². The van der Waals surface area contributed by atoms with Gasteiger partial charge in [0.1, 0.15) is 6.61 Å². The minimum Gasteiger partial charge on any atom is -0.462 e. The van der Waals surface area contributed by atoms with Gasteiger partial charge in [-0.15, -0.1) is 0 Å². The summed E-state index contributed by atoms with van der Waals surface area (Å²) >= 11 is 0. The van der Waals surface area contributed by atoms with E-state index in [1.54, 1.807) is 0 Å². The highest BCUT2D eigenvalue weighted by Gasteiger charge is 2.17. The lowest BCUT2D eigenvalue weighted by molar-refractivity contribution is -0.163. The van der Waals surface area contributed by atoms with E-state index in [0.717, 1.165) is 70.6 Å². The van der Waals surface area contributed by atoms with Crippen LogP contribution >= 0.6 is 0 Å². The maximum absolute atomic E-state index is 12.6. The van der Waals surface area contributed by atoms with Crippen LogP contribution in [-0.2, 0) is 23.8 Å². The van der Waals surface area contributed by atoms with Gasteiger partial charge in [0.05, 0.1) is 6.61 Å². The molecule has 0 fully saturated rings. The summed E-state index contributed by atoms with van der Waals surface area (Å²) in [7, 11) is 0. The lowest BCUT2D eigenvalue weighted by Gasteiger charge is -2.18. The van der Waals surface area contributed by atoms with Gasteiger partial charge in [-0.1, -0.05) is 160 Å². The molecule has 268 valence electrons. The quantitative estimate of drug-likeness (QED) is 0.0389. The van der Waals surface area contributed by atoms with Crippen LogP contribution in [-0.4, -0.2) is 37.9 Å². The van der Waals surface area contributed by atoms with E-state index in [1.807, 2.05) is 0 Å². The highest BCUT2D eigenvalue weighted by atomic mass is 16.6. The second-order valence-corrected chi connectivity index (χ2v) is 12.8. The van der Waals surface area contributed by atoms with Gasteiger partial charge in [-0.05, 0) is 51.4 Å². The lowest BCUT2D eigenvalue weighted by atomic mass is 10.1. The molecule has 0 rings (SSSR count). The number of unbranched alkanes of at least 4 members (excludes halogenated alkanes) is 18. The Hall–Kier alpha value is -1.88. The van der Waals surface area contributed by atoms with E-state index in [4.69, 9.17) is 14.2 Å². The molecule has 5 heteroatoms. The summed E-state index contributed by atoms with van der Waals surface area (Å²) < 4.78 is 17.1. The molecular formula is C41H74O5. The normalized spacial score (nSPS) is 12.5. The molecule has 0 radical (unpaired) electrons. The van der Waals surface area contributed by atoms with Crippen LogP contribution in [0.15, 0.2) is 36.5 Å². The standard InChI is InChI=1S/C41H74O5/c1-4-7-10-13-16-19-20-21-22-24-25-28-31-34-40(42)45-38-39(37-44-36-33-30-27-18-15-12-9-6-3)46-41(43)35-32-29-26-23-17-14-11-8-5-2/h7,10,16,19,21-22,39H,4-6,8-9,11-15,17-18,20,23-38H2,1-3H3/b10-7-,19-16-,22-21-. The topological polar surface area (TPSA) is 61.8 Å². The first-order valence-electron chi connectivity index (χ1n) is 19.5. The summed E-state index contributed by atoms with van der Waals surface area (Å²) in [5.74, 6) is -0.433. The maximum Gasteiger partial charge on any atom is 0.306 e. The first-order valence-corrected chi connectivity index (χ1v) is 19.5. The van der Waals surface area contributed by atoms with Crippen LogP contribution < -0.4 is 0 Å². The Bertz CT molecular complexity index is 741. The summed E-state index contributed by atoms with van der Waals surface area (Å²) in [4.78, 5) is 25.0. The fourth-order valence-corrected chi connectivity index (χ4v) is 5.29. The molecule has 0 aromatic carbocycles. The Kier molecular flexibility index (Phi) is 36.0. The smallest absolute Gasteiger partial charge is 0.306 e. The van der Waals surface area contributed by atoms with Gasteiger partial charge >= 0.3 is 11.9 Å². The molecule has 0 heterocycles. The summed E-state index contributed by atoms with van der Waals surface area (Å²) in [6.45, 7) is 7.64. The van der Waals surface area contributed by atoms with E-state index in [1.165, 1.54) is 83.5 Å². The second-order valence-electron chi connectivity index (χ2n) is 12.8. The number of allylic oxidation sites excluding steroid dienone is 6. The molecule has 0 aliphatic rings. The van der Waals surface area contributed by atoms with E-state index in [-0.39, 0.29) is 25.2 Å². The van der Waals surface area contributed by atoms with Gasteiger partial charge in [0.25, 0.3) is 0 Å². The fraction of sp³-hybridized carbons (Fsp3) is 0.805. The zero-order valence-electron chi connectivity index (χ0n) is 30.6. The van der Waals surface area contributed by atoms with Crippen LogP contribution in [0.4, 0.5) is 0 Å². The van der Waals surface area contributed by atoms with Crippen LogP contribution in [0, 0.1) is 0 Å². The second kappa shape index (κ2) is 37.6. The summed E-state index contributed by atoms with van der Waals surface area (Å²) in [6, 6.07) is 0.